The SMILES string of the molecule is CC1CC(C)(C)c2cccc(-c3cccc(-n4c5ccccc5c5c6c7c(n(-c8nc(-c9ccccc9)nc(-c9ccc(-c%10ccccc%10)cc9)n8)c6ccc54)=CCCC=7)c3)c2C1(C)C. The molecular weight excluding hydrogens is 791 g/mol. The summed E-state index contributed by atoms with van der Waals surface area (Å²) in [6, 6.07) is 59.1. The molecule has 0 saturated heterocycles. The summed E-state index contributed by atoms with van der Waals surface area (Å²) in [5.41, 5.74) is 14.5. The van der Waals surface area contributed by atoms with Crippen LogP contribution in [0, 0.1) is 5.92 Å². The van der Waals surface area contributed by atoms with Crippen LogP contribution in [0.2, 0.25) is 0 Å². The van der Waals surface area contributed by atoms with Crippen LogP contribution in [-0.4, -0.2) is 24.1 Å². The highest BCUT2D eigenvalue weighted by atomic mass is 15.2. The van der Waals surface area contributed by atoms with Crippen LogP contribution in [-0.2, 0) is 10.8 Å². The minimum absolute atomic E-state index is 0.0455. The standard InChI is InChI=1S/C60H51N5/c1-38-37-59(2,3)48-27-17-26-45(55(48)60(38,4)5)43-22-16-23-44(36-43)64-49-28-14-12-24-46(49)53-51(64)34-35-52-54(53)47-25-13-15-29-50(47)65(52)58-62-56(41-20-10-7-11-21-41)61-57(63-58)42-32-30-40(31-33-42)39-18-8-6-9-19-39/h6-12,14,16-36,38H,13,15,37H2,1-5H3. The van der Waals surface area contributed by atoms with Crippen LogP contribution in [0.3, 0.4) is 0 Å². The first-order chi connectivity index (χ1) is 31.7. The first-order valence-electron chi connectivity index (χ1n) is 23.2. The third-order valence-electron chi connectivity index (χ3n) is 14.7. The molecule has 5 nitrogen and oxygen atoms in total. The summed E-state index contributed by atoms with van der Waals surface area (Å²) in [6.45, 7) is 12.2. The van der Waals surface area contributed by atoms with Gasteiger partial charge in [-0.2, -0.15) is 9.97 Å². The van der Waals surface area contributed by atoms with Crippen molar-refractivity contribution in [2.75, 3.05) is 0 Å². The summed E-state index contributed by atoms with van der Waals surface area (Å²) < 4.78 is 4.76. The van der Waals surface area contributed by atoms with Gasteiger partial charge >= 0.3 is 0 Å². The molecule has 1 unspecified atom stereocenters. The maximum Gasteiger partial charge on any atom is 0.238 e. The number of hydrogen-bond acceptors (Lipinski definition) is 3. The van der Waals surface area contributed by atoms with E-state index in [0.717, 1.165) is 46.1 Å². The van der Waals surface area contributed by atoms with Gasteiger partial charge < -0.3 is 4.57 Å². The largest absolute Gasteiger partial charge is 0.309 e. The highest BCUT2D eigenvalue weighted by Crippen LogP contribution is 2.52. The summed E-state index contributed by atoms with van der Waals surface area (Å²) in [7, 11) is 0. The number of hydrogen-bond donors (Lipinski definition) is 0. The molecule has 3 heterocycles. The molecule has 3 aromatic heterocycles. The number of aromatic nitrogens is 5. The van der Waals surface area contributed by atoms with E-state index < -0.39 is 0 Å². The van der Waals surface area contributed by atoms with Gasteiger partial charge in [-0.15, -0.1) is 0 Å². The smallest absolute Gasteiger partial charge is 0.238 e. The minimum Gasteiger partial charge on any atom is -0.309 e. The van der Waals surface area contributed by atoms with Gasteiger partial charge in [-0.3, -0.25) is 4.57 Å². The lowest BCUT2D eigenvalue weighted by molar-refractivity contribution is 0.234. The van der Waals surface area contributed by atoms with E-state index in [9.17, 15) is 0 Å². The maximum absolute atomic E-state index is 5.32. The van der Waals surface area contributed by atoms with E-state index in [0.29, 0.717) is 23.5 Å². The lowest BCUT2D eigenvalue weighted by atomic mass is 9.57. The van der Waals surface area contributed by atoms with Crippen molar-refractivity contribution in [1.82, 2.24) is 24.1 Å². The molecule has 0 aliphatic heterocycles. The molecule has 0 fully saturated rings. The molecule has 0 spiro atoms. The number of para-hydroxylation sites is 1. The van der Waals surface area contributed by atoms with E-state index in [-0.39, 0.29) is 10.8 Å². The molecule has 0 amide bonds. The third kappa shape index (κ3) is 6.24. The van der Waals surface area contributed by atoms with Crippen molar-refractivity contribution in [3.63, 3.8) is 0 Å². The van der Waals surface area contributed by atoms with Crippen molar-refractivity contribution in [3.05, 3.63) is 185 Å². The van der Waals surface area contributed by atoms with Gasteiger partial charge in [0, 0.05) is 38.2 Å². The van der Waals surface area contributed by atoms with E-state index in [4.69, 9.17) is 15.0 Å². The van der Waals surface area contributed by atoms with E-state index in [2.05, 4.69) is 195 Å². The molecule has 2 aliphatic carbocycles. The van der Waals surface area contributed by atoms with Gasteiger partial charge in [0.1, 0.15) is 0 Å². The highest BCUT2D eigenvalue weighted by molar-refractivity contribution is 6.21. The Balaban J connectivity index is 1.07. The first kappa shape index (κ1) is 39.2. The molecular formula is C60H51N5. The Hall–Kier alpha value is -7.37. The Bertz CT molecular complexity index is 3630. The second kappa shape index (κ2) is 14.9. The van der Waals surface area contributed by atoms with Crippen molar-refractivity contribution >= 4 is 44.9 Å². The predicted molar refractivity (Wildman–Crippen MR) is 270 cm³/mol. The van der Waals surface area contributed by atoms with E-state index in [1.807, 2.05) is 24.3 Å². The van der Waals surface area contributed by atoms with Crippen molar-refractivity contribution < 1.29 is 0 Å². The first-order valence-corrected chi connectivity index (χ1v) is 23.2. The van der Waals surface area contributed by atoms with E-state index >= 15 is 0 Å². The molecule has 65 heavy (non-hydrogen) atoms. The topological polar surface area (TPSA) is 48.5 Å². The van der Waals surface area contributed by atoms with Crippen molar-refractivity contribution in [2.24, 2.45) is 5.92 Å². The molecule has 7 aromatic carbocycles. The van der Waals surface area contributed by atoms with Gasteiger partial charge in [-0.1, -0.05) is 180 Å². The fraction of sp³-hybridized carbons (Fsp3) is 0.183. The summed E-state index contributed by atoms with van der Waals surface area (Å²) in [5, 5.41) is 6.06. The van der Waals surface area contributed by atoms with Crippen molar-refractivity contribution in [3.8, 4) is 56.7 Å². The molecule has 0 saturated carbocycles. The van der Waals surface area contributed by atoms with Crippen LogP contribution in [0.15, 0.2) is 164 Å². The number of nitrogens with zero attached hydrogens (tertiary/aromatic N) is 5. The zero-order chi connectivity index (χ0) is 44.0. The number of benzene rings is 7. The fourth-order valence-corrected chi connectivity index (χ4v) is 11.2. The van der Waals surface area contributed by atoms with E-state index in [1.165, 1.54) is 66.6 Å². The van der Waals surface area contributed by atoms with Crippen LogP contribution < -0.4 is 10.6 Å². The molecule has 5 heteroatoms. The second-order valence-electron chi connectivity index (χ2n) is 19.4. The number of rotatable bonds is 6. The average Bonchev–Trinajstić information content (AvgIpc) is 3.87. The molecule has 316 valence electrons. The summed E-state index contributed by atoms with van der Waals surface area (Å²) >= 11 is 0. The summed E-state index contributed by atoms with van der Waals surface area (Å²) in [6.07, 6.45) is 7.89. The Morgan fingerprint density at radius 2 is 1.11 bits per heavy atom. The van der Waals surface area contributed by atoms with Gasteiger partial charge in [-0.05, 0) is 99.7 Å². The fourth-order valence-electron chi connectivity index (χ4n) is 11.2. The normalized spacial score (nSPS) is 16.2. The zero-order valence-electron chi connectivity index (χ0n) is 37.7. The molecule has 12 rings (SSSR count). The monoisotopic (exact) mass is 841 g/mol. The van der Waals surface area contributed by atoms with Crippen LogP contribution >= 0.6 is 0 Å². The lowest BCUT2D eigenvalue weighted by Crippen LogP contribution is -2.40. The quantitative estimate of drug-likeness (QED) is 0.168. The molecule has 1 atom stereocenters. The zero-order valence-corrected chi connectivity index (χ0v) is 37.7. The maximum atomic E-state index is 5.32. The molecule has 0 radical (unpaired) electrons. The molecule has 10 aromatic rings. The minimum atomic E-state index is 0.0455. The molecule has 0 N–H and O–H groups in total. The van der Waals surface area contributed by atoms with Crippen molar-refractivity contribution in [1.29, 1.82) is 0 Å². The predicted octanol–water partition coefficient (Wildman–Crippen LogP) is 13.5. The number of fused-ring (bicyclic) bond motifs is 8. The van der Waals surface area contributed by atoms with Crippen LogP contribution in [0.25, 0.3) is 102 Å². The summed E-state index contributed by atoms with van der Waals surface area (Å²) in [4.78, 5) is 15.7. The Morgan fingerprint density at radius 3 is 1.86 bits per heavy atom. The van der Waals surface area contributed by atoms with Crippen LogP contribution in [0.1, 0.15) is 65.0 Å². The van der Waals surface area contributed by atoms with Gasteiger partial charge in [0.05, 0.1) is 21.9 Å². The van der Waals surface area contributed by atoms with E-state index in [1.54, 1.807) is 0 Å². The molecule has 2 aliphatic rings. The van der Waals surface area contributed by atoms with Crippen LogP contribution in [0.5, 0.6) is 0 Å². The summed E-state index contributed by atoms with van der Waals surface area (Å²) in [5.74, 6) is 2.46. The van der Waals surface area contributed by atoms with Gasteiger partial charge in [0.15, 0.2) is 11.6 Å². The Morgan fingerprint density at radius 1 is 0.508 bits per heavy atom. The third-order valence-corrected chi connectivity index (χ3v) is 14.7. The van der Waals surface area contributed by atoms with Gasteiger partial charge in [0.2, 0.25) is 5.95 Å². The average molecular weight is 842 g/mol. The second-order valence-corrected chi connectivity index (χ2v) is 19.4. The highest BCUT2D eigenvalue weighted by Gasteiger charge is 2.43. The Labute approximate surface area is 380 Å². The lowest BCUT2D eigenvalue weighted by Gasteiger charge is -2.47. The Kier molecular flexibility index (Phi) is 8.97. The van der Waals surface area contributed by atoms with Crippen LogP contribution in [0.4, 0.5) is 0 Å². The van der Waals surface area contributed by atoms with Crippen molar-refractivity contribution in [2.45, 2.75) is 64.7 Å². The van der Waals surface area contributed by atoms with Gasteiger partial charge in [0.25, 0.3) is 0 Å². The van der Waals surface area contributed by atoms with Gasteiger partial charge in [-0.25, -0.2) is 4.98 Å². The molecule has 0 bridgehead atoms.